The maximum Gasteiger partial charge on any atom is 0.122 e. The smallest absolute Gasteiger partial charge is 0.122 e. The van der Waals surface area contributed by atoms with E-state index >= 15 is 0 Å². The summed E-state index contributed by atoms with van der Waals surface area (Å²) in [6.45, 7) is 0.828. The van der Waals surface area contributed by atoms with Gasteiger partial charge in [-0.3, -0.25) is 11.3 Å². The van der Waals surface area contributed by atoms with E-state index in [1.807, 2.05) is 0 Å². The van der Waals surface area contributed by atoms with Gasteiger partial charge in [0.05, 0.1) is 6.61 Å². The Morgan fingerprint density at radius 1 is 1.21 bits per heavy atom. The minimum atomic E-state index is 0.332. The molecule has 2 fully saturated rings. The fraction of sp³-hybridized carbons (Fsp3) is 0.625. The molecule has 3 nitrogen and oxygen atoms in total. The van der Waals surface area contributed by atoms with E-state index in [-0.39, 0.29) is 0 Å². The molecule has 3 unspecified atom stereocenters. The monoisotopic (exact) mass is 258 g/mol. The summed E-state index contributed by atoms with van der Waals surface area (Å²) >= 11 is 0. The van der Waals surface area contributed by atoms with E-state index < -0.39 is 0 Å². The van der Waals surface area contributed by atoms with Crippen LogP contribution in [0.5, 0.6) is 5.75 Å². The van der Waals surface area contributed by atoms with Gasteiger partial charge >= 0.3 is 0 Å². The number of nitrogens with one attached hydrogen (secondary N) is 1. The van der Waals surface area contributed by atoms with Crippen LogP contribution in [0.4, 0.5) is 0 Å². The van der Waals surface area contributed by atoms with Gasteiger partial charge in [-0.1, -0.05) is 25.0 Å². The molecule has 1 heterocycles. The number of nitrogens with two attached hydrogens (primary N) is 1. The Balaban J connectivity index is 1.59. The number of benzene rings is 1. The number of rotatable bonds is 3. The molecule has 0 saturated heterocycles. The second kappa shape index (κ2) is 4.50. The van der Waals surface area contributed by atoms with E-state index in [1.165, 1.54) is 36.8 Å². The molecular formula is C16H22N2O. The molecule has 0 bridgehead atoms. The van der Waals surface area contributed by atoms with Crippen LogP contribution in [0.3, 0.4) is 0 Å². The van der Waals surface area contributed by atoms with Crippen LogP contribution < -0.4 is 16.0 Å². The van der Waals surface area contributed by atoms with Gasteiger partial charge in [-0.2, -0.15) is 0 Å². The lowest BCUT2D eigenvalue weighted by molar-refractivity contribution is 0.356. The van der Waals surface area contributed by atoms with Crippen molar-refractivity contribution in [2.24, 2.45) is 23.6 Å². The van der Waals surface area contributed by atoms with Gasteiger partial charge < -0.3 is 4.74 Å². The Hall–Kier alpha value is -1.06. The summed E-state index contributed by atoms with van der Waals surface area (Å²) in [7, 11) is 0. The Morgan fingerprint density at radius 3 is 2.74 bits per heavy atom. The van der Waals surface area contributed by atoms with Gasteiger partial charge in [0.2, 0.25) is 0 Å². The lowest BCUT2D eigenvalue weighted by atomic mass is 9.98. The van der Waals surface area contributed by atoms with Crippen LogP contribution in [0, 0.1) is 17.8 Å². The maximum atomic E-state index is 5.86. The quantitative estimate of drug-likeness (QED) is 0.647. The highest BCUT2D eigenvalue weighted by atomic mass is 16.5. The Labute approximate surface area is 114 Å². The molecule has 3 atom stereocenters. The normalized spacial score (nSPS) is 33.2. The van der Waals surface area contributed by atoms with Crippen LogP contribution in [0.1, 0.15) is 42.9 Å². The molecule has 3 aliphatic rings. The highest BCUT2D eigenvalue weighted by Crippen LogP contribution is 2.60. The summed E-state index contributed by atoms with van der Waals surface area (Å²) in [5, 5.41) is 0. The van der Waals surface area contributed by atoms with Crippen molar-refractivity contribution in [1.29, 1.82) is 0 Å². The van der Waals surface area contributed by atoms with Crippen molar-refractivity contribution in [2.45, 2.75) is 38.1 Å². The number of hydrogen-bond acceptors (Lipinski definition) is 3. The zero-order valence-electron chi connectivity index (χ0n) is 11.3. The first-order valence-electron chi connectivity index (χ1n) is 7.60. The van der Waals surface area contributed by atoms with E-state index in [1.54, 1.807) is 0 Å². The SMILES string of the molecule is NNC(c1ccc2c(c1)CCO2)C1C2CCCCC21. The van der Waals surface area contributed by atoms with Gasteiger partial charge in [-0.05, 0) is 47.8 Å². The van der Waals surface area contributed by atoms with E-state index in [4.69, 9.17) is 10.6 Å². The van der Waals surface area contributed by atoms with E-state index in [0.717, 1.165) is 36.5 Å². The summed E-state index contributed by atoms with van der Waals surface area (Å²) in [4.78, 5) is 0. The van der Waals surface area contributed by atoms with Crippen molar-refractivity contribution < 1.29 is 4.74 Å². The molecule has 1 aromatic rings. The molecule has 3 N–H and O–H groups in total. The van der Waals surface area contributed by atoms with Crippen LogP contribution in [0.15, 0.2) is 18.2 Å². The second-order valence-corrected chi connectivity index (χ2v) is 6.30. The van der Waals surface area contributed by atoms with Crippen molar-refractivity contribution in [2.75, 3.05) is 6.61 Å². The number of hydrogen-bond donors (Lipinski definition) is 2. The predicted octanol–water partition coefficient (Wildman–Crippen LogP) is 2.56. The molecule has 19 heavy (non-hydrogen) atoms. The van der Waals surface area contributed by atoms with Crippen molar-refractivity contribution in [3.8, 4) is 5.75 Å². The molecule has 0 aromatic heterocycles. The van der Waals surface area contributed by atoms with Gasteiger partial charge in [0.1, 0.15) is 5.75 Å². The zero-order valence-corrected chi connectivity index (χ0v) is 11.3. The average Bonchev–Trinajstić information content (AvgIpc) is 2.96. The third-order valence-electron chi connectivity index (χ3n) is 5.36. The molecule has 0 amide bonds. The third kappa shape index (κ3) is 1.87. The van der Waals surface area contributed by atoms with Gasteiger partial charge in [-0.25, -0.2) is 0 Å². The van der Waals surface area contributed by atoms with Crippen molar-refractivity contribution in [3.63, 3.8) is 0 Å². The molecular weight excluding hydrogens is 236 g/mol. The Kier molecular flexibility index (Phi) is 2.78. The molecule has 1 aromatic carbocycles. The van der Waals surface area contributed by atoms with Crippen molar-refractivity contribution >= 4 is 0 Å². The third-order valence-corrected chi connectivity index (χ3v) is 5.36. The first-order chi connectivity index (χ1) is 9.38. The Bertz CT molecular complexity index is 476. The van der Waals surface area contributed by atoms with Gasteiger partial charge in [-0.15, -0.1) is 0 Å². The maximum absolute atomic E-state index is 5.86. The number of fused-ring (bicyclic) bond motifs is 2. The molecule has 0 spiro atoms. The van der Waals surface area contributed by atoms with Crippen LogP contribution in [0.2, 0.25) is 0 Å². The van der Waals surface area contributed by atoms with E-state index in [9.17, 15) is 0 Å². The minimum Gasteiger partial charge on any atom is -0.493 e. The van der Waals surface area contributed by atoms with Gasteiger partial charge in [0, 0.05) is 12.5 Å². The molecule has 2 saturated carbocycles. The van der Waals surface area contributed by atoms with Gasteiger partial charge in [0.15, 0.2) is 0 Å². The molecule has 0 radical (unpaired) electrons. The lowest BCUT2D eigenvalue weighted by Gasteiger charge is -2.17. The predicted molar refractivity (Wildman–Crippen MR) is 74.6 cm³/mol. The standard InChI is InChI=1S/C16H22N2O/c17-18-16(15-12-3-1-2-4-13(12)15)11-5-6-14-10(9-11)7-8-19-14/h5-6,9,12-13,15-16,18H,1-4,7-8,17H2. The lowest BCUT2D eigenvalue weighted by Crippen LogP contribution is -2.30. The highest BCUT2D eigenvalue weighted by molar-refractivity contribution is 5.41. The van der Waals surface area contributed by atoms with Gasteiger partial charge in [0.25, 0.3) is 0 Å². The molecule has 3 heteroatoms. The van der Waals surface area contributed by atoms with E-state index in [0.29, 0.717) is 6.04 Å². The van der Waals surface area contributed by atoms with Crippen molar-refractivity contribution in [3.05, 3.63) is 29.3 Å². The molecule has 2 aliphatic carbocycles. The summed E-state index contributed by atoms with van der Waals surface area (Å²) in [6, 6.07) is 6.95. The topological polar surface area (TPSA) is 47.3 Å². The zero-order chi connectivity index (χ0) is 12.8. The van der Waals surface area contributed by atoms with Crippen LogP contribution in [-0.4, -0.2) is 6.61 Å². The molecule has 102 valence electrons. The summed E-state index contributed by atoms with van der Waals surface area (Å²) in [5.74, 6) is 9.52. The first kappa shape index (κ1) is 11.7. The average molecular weight is 258 g/mol. The largest absolute Gasteiger partial charge is 0.493 e. The fourth-order valence-electron chi connectivity index (χ4n) is 4.37. The number of hydrazine groups is 1. The molecule has 4 rings (SSSR count). The van der Waals surface area contributed by atoms with Crippen LogP contribution in [-0.2, 0) is 6.42 Å². The van der Waals surface area contributed by atoms with Crippen molar-refractivity contribution in [1.82, 2.24) is 5.43 Å². The number of ether oxygens (including phenoxy) is 1. The molecule has 1 aliphatic heterocycles. The summed E-state index contributed by atoms with van der Waals surface area (Å²) < 4.78 is 5.59. The fourth-order valence-corrected chi connectivity index (χ4v) is 4.37. The van der Waals surface area contributed by atoms with E-state index in [2.05, 4.69) is 23.6 Å². The summed E-state index contributed by atoms with van der Waals surface area (Å²) in [5.41, 5.74) is 5.79. The highest BCUT2D eigenvalue weighted by Gasteiger charge is 2.54. The van der Waals surface area contributed by atoms with Crippen LogP contribution in [0.25, 0.3) is 0 Å². The first-order valence-corrected chi connectivity index (χ1v) is 7.60. The van der Waals surface area contributed by atoms with Crippen LogP contribution >= 0.6 is 0 Å². The minimum absolute atomic E-state index is 0.332. The summed E-state index contributed by atoms with van der Waals surface area (Å²) in [6.07, 6.45) is 6.67. The second-order valence-electron chi connectivity index (χ2n) is 6.30. The Morgan fingerprint density at radius 2 is 2.00 bits per heavy atom.